The van der Waals surface area contributed by atoms with Crippen LogP contribution in [0.3, 0.4) is 0 Å². The number of carbonyl (C=O) groups excluding carboxylic acids is 2. The number of nitriles is 1. The Hall–Kier alpha value is -4.51. The lowest BCUT2D eigenvalue weighted by atomic mass is 10.1. The molecule has 2 aromatic carbocycles. The van der Waals surface area contributed by atoms with Crippen molar-refractivity contribution in [2.45, 2.75) is 13.8 Å². The summed E-state index contributed by atoms with van der Waals surface area (Å²) in [5, 5.41) is 11.8. The van der Waals surface area contributed by atoms with Gasteiger partial charge in [-0.15, -0.1) is 6.58 Å². The van der Waals surface area contributed by atoms with E-state index in [2.05, 4.69) is 11.9 Å². The first kappa shape index (κ1) is 26.7. The van der Waals surface area contributed by atoms with E-state index in [0.29, 0.717) is 30.3 Å². The van der Waals surface area contributed by atoms with Gasteiger partial charge in [-0.05, 0) is 61.4 Å². The summed E-state index contributed by atoms with van der Waals surface area (Å²) in [5.74, 6) is 0.545. The number of nitrogens with one attached hydrogen (secondary N) is 1. The Morgan fingerprint density at radius 2 is 1.66 bits per heavy atom. The predicted octanol–water partition coefficient (Wildman–Crippen LogP) is 4.32. The molecule has 1 N–H and O–H groups in total. The predicted molar refractivity (Wildman–Crippen MR) is 133 cm³/mol. The van der Waals surface area contributed by atoms with E-state index in [-0.39, 0.29) is 23.6 Å². The summed E-state index contributed by atoms with van der Waals surface area (Å²) >= 11 is 0. The maximum atomic E-state index is 12.4. The molecule has 1 amide bonds. The van der Waals surface area contributed by atoms with Gasteiger partial charge in [0.1, 0.15) is 11.6 Å². The van der Waals surface area contributed by atoms with Gasteiger partial charge in [0.25, 0.3) is 5.91 Å². The molecule has 2 rings (SSSR count). The average Bonchev–Trinajstić information content (AvgIpc) is 2.86. The van der Waals surface area contributed by atoms with E-state index in [1.165, 1.54) is 31.4 Å². The number of nitrogens with zero attached hydrogens (tertiary/aromatic N) is 1. The molecule has 0 aromatic heterocycles. The zero-order valence-electron chi connectivity index (χ0n) is 20.0. The van der Waals surface area contributed by atoms with Crippen LogP contribution in [-0.4, -0.2) is 38.7 Å². The molecule has 0 radical (unpaired) electrons. The summed E-state index contributed by atoms with van der Waals surface area (Å²) in [7, 11) is 1.42. The number of benzene rings is 2. The summed E-state index contributed by atoms with van der Waals surface area (Å²) < 4.78 is 21.9. The van der Waals surface area contributed by atoms with Gasteiger partial charge >= 0.3 is 5.97 Å². The Labute approximate surface area is 205 Å². The number of esters is 1. The number of rotatable bonds is 12. The molecule has 0 aliphatic heterocycles. The van der Waals surface area contributed by atoms with E-state index in [1.807, 2.05) is 19.9 Å². The van der Waals surface area contributed by atoms with Crippen molar-refractivity contribution in [1.82, 2.24) is 5.32 Å². The fourth-order valence-electron chi connectivity index (χ4n) is 2.91. The first-order valence-electron chi connectivity index (χ1n) is 10.9. The molecule has 0 aliphatic carbocycles. The van der Waals surface area contributed by atoms with Gasteiger partial charge in [0.05, 0.1) is 20.3 Å². The van der Waals surface area contributed by atoms with Gasteiger partial charge in [0, 0.05) is 12.6 Å². The van der Waals surface area contributed by atoms with E-state index in [9.17, 15) is 14.9 Å². The molecule has 0 unspecified atom stereocenters. The quantitative estimate of drug-likeness (QED) is 0.160. The maximum absolute atomic E-state index is 12.4. The third kappa shape index (κ3) is 8.09. The molecule has 8 heteroatoms. The highest BCUT2D eigenvalue weighted by Gasteiger charge is 2.12. The Bertz CT molecular complexity index is 1160. The molecule has 8 nitrogen and oxygen atoms in total. The van der Waals surface area contributed by atoms with E-state index in [1.54, 1.807) is 36.4 Å². The fraction of sp³-hybridized carbons (Fsp3) is 0.222. The molecule has 0 atom stereocenters. The summed E-state index contributed by atoms with van der Waals surface area (Å²) in [6.45, 7) is 8.52. The first-order chi connectivity index (χ1) is 16.9. The summed E-state index contributed by atoms with van der Waals surface area (Å²) in [4.78, 5) is 24.4. The van der Waals surface area contributed by atoms with Crippen LogP contribution < -0.4 is 24.3 Å². The van der Waals surface area contributed by atoms with Crippen molar-refractivity contribution in [1.29, 1.82) is 5.26 Å². The van der Waals surface area contributed by atoms with Crippen LogP contribution in [0.15, 0.2) is 60.7 Å². The van der Waals surface area contributed by atoms with Crippen molar-refractivity contribution in [3.8, 4) is 29.1 Å². The molecular weight excluding hydrogens is 448 g/mol. The van der Waals surface area contributed by atoms with Gasteiger partial charge in [-0.3, -0.25) is 4.79 Å². The zero-order chi connectivity index (χ0) is 25.6. The standard InChI is InChI=1S/C27H28N2O6/c1-5-14-29-27(31)21(18-28)15-20-9-12-23(24(17-20)32-4)35-26(30)13-10-19-8-11-22(33-6-2)25(16-19)34-7-3/h5,8-13,15-17H,1,6-7,14H2,2-4H3,(H,29,31)/b13-10+,21-15+. The van der Waals surface area contributed by atoms with Crippen molar-refractivity contribution in [2.24, 2.45) is 0 Å². The van der Waals surface area contributed by atoms with Crippen LogP contribution in [0.2, 0.25) is 0 Å². The van der Waals surface area contributed by atoms with Crippen molar-refractivity contribution in [3.63, 3.8) is 0 Å². The summed E-state index contributed by atoms with van der Waals surface area (Å²) in [5.41, 5.74) is 1.18. The van der Waals surface area contributed by atoms with E-state index in [4.69, 9.17) is 18.9 Å². The van der Waals surface area contributed by atoms with E-state index < -0.39 is 11.9 Å². The molecular formula is C27H28N2O6. The molecule has 182 valence electrons. The highest BCUT2D eigenvalue weighted by molar-refractivity contribution is 6.01. The van der Waals surface area contributed by atoms with Crippen LogP contribution in [0.25, 0.3) is 12.2 Å². The van der Waals surface area contributed by atoms with Crippen LogP contribution in [-0.2, 0) is 9.59 Å². The second kappa shape index (κ2) is 13.9. The monoisotopic (exact) mass is 476 g/mol. The molecule has 0 saturated carbocycles. The van der Waals surface area contributed by atoms with Crippen LogP contribution >= 0.6 is 0 Å². The number of amides is 1. The highest BCUT2D eigenvalue weighted by atomic mass is 16.6. The molecule has 0 saturated heterocycles. The molecule has 0 heterocycles. The lowest BCUT2D eigenvalue weighted by molar-refractivity contribution is -0.129. The molecule has 0 fully saturated rings. The lowest BCUT2D eigenvalue weighted by Gasteiger charge is -2.11. The van der Waals surface area contributed by atoms with Gasteiger partial charge in [-0.1, -0.05) is 18.2 Å². The number of methoxy groups -OCH3 is 1. The van der Waals surface area contributed by atoms with Gasteiger partial charge in [-0.25, -0.2) is 4.79 Å². The number of ether oxygens (including phenoxy) is 4. The SMILES string of the molecule is C=CCNC(=O)/C(C#N)=C/c1ccc(OC(=O)/C=C/c2ccc(OCC)c(OCC)c2)c(OC)c1. The van der Waals surface area contributed by atoms with E-state index in [0.717, 1.165) is 5.56 Å². The van der Waals surface area contributed by atoms with E-state index >= 15 is 0 Å². The van der Waals surface area contributed by atoms with Gasteiger partial charge in [-0.2, -0.15) is 5.26 Å². The molecule has 35 heavy (non-hydrogen) atoms. The third-order valence-corrected chi connectivity index (χ3v) is 4.46. The van der Waals surface area contributed by atoms with Gasteiger partial charge < -0.3 is 24.3 Å². The molecule has 0 aliphatic rings. The highest BCUT2D eigenvalue weighted by Crippen LogP contribution is 2.30. The van der Waals surface area contributed by atoms with Crippen molar-refractivity contribution in [2.75, 3.05) is 26.9 Å². The number of carbonyl (C=O) groups is 2. The lowest BCUT2D eigenvalue weighted by Crippen LogP contribution is -2.24. The second-order valence-electron chi connectivity index (χ2n) is 6.91. The summed E-state index contributed by atoms with van der Waals surface area (Å²) in [6, 6.07) is 11.9. The topological polar surface area (TPSA) is 107 Å². The van der Waals surface area contributed by atoms with Crippen LogP contribution in [0, 0.1) is 11.3 Å². The third-order valence-electron chi connectivity index (χ3n) is 4.46. The van der Waals surface area contributed by atoms with Crippen molar-refractivity contribution >= 4 is 24.0 Å². The first-order valence-corrected chi connectivity index (χ1v) is 10.9. The number of hydrogen-bond donors (Lipinski definition) is 1. The van der Waals surface area contributed by atoms with Crippen LogP contribution in [0.1, 0.15) is 25.0 Å². The van der Waals surface area contributed by atoms with Crippen LogP contribution in [0.5, 0.6) is 23.0 Å². The Morgan fingerprint density at radius 1 is 1.00 bits per heavy atom. The van der Waals surface area contributed by atoms with Crippen molar-refractivity contribution < 1.29 is 28.5 Å². The molecule has 0 spiro atoms. The molecule has 0 bridgehead atoms. The normalized spacial score (nSPS) is 10.9. The number of hydrogen-bond acceptors (Lipinski definition) is 7. The van der Waals surface area contributed by atoms with Crippen LogP contribution in [0.4, 0.5) is 0 Å². The average molecular weight is 477 g/mol. The summed E-state index contributed by atoms with van der Waals surface area (Å²) in [6.07, 6.45) is 5.82. The van der Waals surface area contributed by atoms with Gasteiger partial charge in [0.15, 0.2) is 23.0 Å². The Kier molecular flexibility index (Phi) is 10.6. The zero-order valence-corrected chi connectivity index (χ0v) is 20.0. The largest absolute Gasteiger partial charge is 0.493 e. The smallest absolute Gasteiger partial charge is 0.336 e. The minimum Gasteiger partial charge on any atom is -0.493 e. The minimum atomic E-state index is -0.611. The Balaban J connectivity index is 2.16. The molecule has 2 aromatic rings. The van der Waals surface area contributed by atoms with Gasteiger partial charge in [0.2, 0.25) is 0 Å². The van der Waals surface area contributed by atoms with Crippen molar-refractivity contribution in [3.05, 3.63) is 71.8 Å². The Morgan fingerprint density at radius 3 is 2.31 bits per heavy atom. The minimum absolute atomic E-state index is 0.0802. The maximum Gasteiger partial charge on any atom is 0.336 e. The second-order valence-corrected chi connectivity index (χ2v) is 6.91. The fourth-order valence-corrected chi connectivity index (χ4v) is 2.91.